The molecule has 0 saturated carbocycles. The molecule has 70 valence electrons. The number of nitrogens with one attached hydrogen (secondary N) is 1. The summed E-state index contributed by atoms with van der Waals surface area (Å²) in [5.74, 6) is 0.828. The van der Waals surface area contributed by atoms with Crippen LogP contribution in [0, 0.1) is 13.8 Å². The van der Waals surface area contributed by atoms with Crippen LogP contribution >= 0.6 is 0 Å². The van der Waals surface area contributed by atoms with Gasteiger partial charge in [-0.2, -0.15) is 0 Å². The first-order chi connectivity index (χ1) is 6.27. The number of aromatic nitrogens is 3. The summed E-state index contributed by atoms with van der Waals surface area (Å²) in [5, 5.41) is 1.11. The molecule has 3 nitrogen and oxygen atoms in total. The van der Waals surface area contributed by atoms with Crippen LogP contribution in [0.2, 0.25) is 0 Å². The second kappa shape index (κ2) is 4.03. The van der Waals surface area contributed by atoms with E-state index in [4.69, 9.17) is 0 Å². The maximum absolute atomic E-state index is 4.25. The quantitative estimate of drug-likeness (QED) is 0.672. The molecule has 0 amide bonds. The molecule has 3 heteroatoms. The lowest BCUT2D eigenvalue weighted by Crippen LogP contribution is -1.89. The van der Waals surface area contributed by atoms with Crippen LogP contribution in [0.5, 0.6) is 0 Å². The van der Waals surface area contributed by atoms with E-state index in [1.807, 2.05) is 40.1 Å². The molecule has 0 atom stereocenters. The molecule has 0 spiro atoms. The Balaban J connectivity index is 0.000000396. The summed E-state index contributed by atoms with van der Waals surface area (Å²) in [4.78, 5) is 11.5. The van der Waals surface area contributed by atoms with Crippen LogP contribution in [-0.4, -0.2) is 15.0 Å². The minimum absolute atomic E-state index is 0.828. The Morgan fingerprint density at radius 3 is 2.46 bits per heavy atom. The second-order valence-electron chi connectivity index (χ2n) is 2.61. The SMILES string of the molecule is CC.Cc1nc(C)c2c[nH]cc2n1. The van der Waals surface area contributed by atoms with Gasteiger partial charge in [-0.05, 0) is 13.8 Å². The van der Waals surface area contributed by atoms with Crippen LogP contribution in [0.1, 0.15) is 25.4 Å². The lowest BCUT2D eigenvalue weighted by molar-refractivity contribution is 1.05. The van der Waals surface area contributed by atoms with Crippen LogP contribution in [0.15, 0.2) is 12.4 Å². The first-order valence-corrected chi connectivity index (χ1v) is 4.55. The average molecular weight is 177 g/mol. The van der Waals surface area contributed by atoms with Crippen molar-refractivity contribution in [2.24, 2.45) is 0 Å². The van der Waals surface area contributed by atoms with Gasteiger partial charge >= 0.3 is 0 Å². The fraction of sp³-hybridized carbons (Fsp3) is 0.400. The third kappa shape index (κ3) is 1.86. The van der Waals surface area contributed by atoms with E-state index >= 15 is 0 Å². The average Bonchev–Trinajstić information content (AvgIpc) is 2.55. The molecule has 2 heterocycles. The van der Waals surface area contributed by atoms with Gasteiger partial charge in [0.1, 0.15) is 5.82 Å². The number of rotatable bonds is 0. The molecule has 0 unspecified atom stereocenters. The van der Waals surface area contributed by atoms with Crippen LogP contribution in [0.3, 0.4) is 0 Å². The molecule has 0 saturated heterocycles. The van der Waals surface area contributed by atoms with Gasteiger partial charge in [-0.3, -0.25) is 0 Å². The first kappa shape index (κ1) is 9.71. The molecular weight excluding hydrogens is 162 g/mol. The topological polar surface area (TPSA) is 41.6 Å². The zero-order valence-corrected chi connectivity index (χ0v) is 8.55. The maximum atomic E-state index is 4.25. The van der Waals surface area contributed by atoms with E-state index in [9.17, 15) is 0 Å². The maximum Gasteiger partial charge on any atom is 0.126 e. The Bertz CT molecular complexity index is 390. The predicted molar refractivity (Wildman–Crippen MR) is 54.7 cm³/mol. The molecule has 0 aliphatic carbocycles. The fourth-order valence-electron chi connectivity index (χ4n) is 1.24. The van der Waals surface area contributed by atoms with Gasteiger partial charge in [0, 0.05) is 17.8 Å². The van der Waals surface area contributed by atoms with E-state index in [-0.39, 0.29) is 0 Å². The van der Waals surface area contributed by atoms with Crippen LogP contribution in [-0.2, 0) is 0 Å². The van der Waals surface area contributed by atoms with Crippen molar-refractivity contribution in [1.29, 1.82) is 0 Å². The van der Waals surface area contributed by atoms with Crippen molar-refractivity contribution < 1.29 is 0 Å². The number of fused-ring (bicyclic) bond motifs is 1. The van der Waals surface area contributed by atoms with Crippen molar-refractivity contribution in [2.75, 3.05) is 0 Å². The number of aromatic amines is 1. The Morgan fingerprint density at radius 2 is 1.77 bits per heavy atom. The van der Waals surface area contributed by atoms with Crippen LogP contribution in [0.4, 0.5) is 0 Å². The standard InChI is InChI=1S/C8H9N3.C2H6/c1-5-7-3-9-4-8(7)11-6(2)10-5;1-2/h3-4,9H,1-2H3;1-2H3. The number of aryl methyl sites for hydroxylation is 2. The smallest absolute Gasteiger partial charge is 0.126 e. The molecule has 2 aromatic heterocycles. The summed E-state index contributed by atoms with van der Waals surface area (Å²) < 4.78 is 0. The molecule has 0 fully saturated rings. The van der Waals surface area contributed by atoms with Crippen molar-refractivity contribution in [3.05, 3.63) is 23.9 Å². The lowest BCUT2D eigenvalue weighted by atomic mass is 10.3. The van der Waals surface area contributed by atoms with Gasteiger partial charge in [0.2, 0.25) is 0 Å². The zero-order chi connectivity index (χ0) is 9.84. The summed E-state index contributed by atoms with van der Waals surface area (Å²) in [7, 11) is 0. The van der Waals surface area contributed by atoms with Crippen molar-refractivity contribution in [3.8, 4) is 0 Å². The van der Waals surface area contributed by atoms with Gasteiger partial charge in [0.25, 0.3) is 0 Å². The van der Waals surface area contributed by atoms with Crippen molar-refractivity contribution in [1.82, 2.24) is 15.0 Å². The summed E-state index contributed by atoms with van der Waals surface area (Å²) in [5.41, 5.74) is 2.03. The highest BCUT2D eigenvalue weighted by molar-refractivity contribution is 5.79. The number of hydrogen-bond acceptors (Lipinski definition) is 2. The molecular formula is C10H15N3. The molecule has 0 bridgehead atoms. The molecule has 2 rings (SSSR count). The minimum Gasteiger partial charge on any atom is -0.365 e. The Morgan fingerprint density at radius 1 is 1.08 bits per heavy atom. The molecule has 1 N–H and O–H groups in total. The van der Waals surface area contributed by atoms with Gasteiger partial charge in [0.05, 0.1) is 11.2 Å². The normalized spacial score (nSPS) is 9.54. The van der Waals surface area contributed by atoms with E-state index in [2.05, 4.69) is 15.0 Å². The van der Waals surface area contributed by atoms with E-state index in [1.54, 1.807) is 0 Å². The van der Waals surface area contributed by atoms with E-state index in [1.165, 1.54) is 0 Å². The number of hydrogen-bond donors (Lipinski definition) is 1. The summed E-state index contributed by atoms with van der Waals surface area (Å²) >= 11 is 0. The molecule has 13 heavy (non-hydrogen) atoms. The van der Waals surface area contributed by atoms with Gasteiger partial charge < -0.3 is 4.98 Å². The van der Waals surface area contributed by atoms with Crippen LogP contribution < -0.4 is 0 Å². The fourth-order valence-corrected chi connectivity index (χ4v) is 1.24. The molecule has 2 aromatic rings. The van der Waals surface area contributed by atoms with Gasteiger partial charge in [0.15, 0.2) is 0 Å². The Kier molecular flexibility index (Phi) is 3.01. The number of H-pyrrole nitrogens is 1. The molecule has 0 aliphatic heterocycles. The highest BCUT2D eigenvalue weighted by atomic mass is 14.9. The molecule has 0 radical (unpaired) electrons. The van der Waals surface area contributed by atoms with E-state index < -0.39 is 0 Å². The largest absolute Gasteiger partial charge is 0.365 e. The predicted octanol–water partition coefficient (Wildman–Crippen LogP) is 2.60. The Labute approximate surface area is 78.2 Å². The third-order valence-electron chi connectivity index (χ3n) is 1.73. The highest BCUT2D eigenvalue weighted by Crippen LogP contribution is 2.12. The summed E-state index contributed by atoms with van der Waals surface area (Å²) in [6.45, 7) is 7.89. The van der Waals surface area contributed by atoms with Crippen LogP contribution in [0.25, 0.3) is 10.9 Å². The van der Waals surface area contributed by atoms with Crippen molar-refractivity contribution >= 4 is 10.9 Å². The summed E-state index contributed by atoms with van der Waals surface area (Å²) in [6.07, 6.45) is 3.81. The van der Waals surface area contributed by atoms with Crippen molar-refractivity contribution in [2.45, 2.75) is 27.7 Å². The Hall–Kier alpha value is -1.38. The second-order valence-corrected chi connectivity index (χ2v) is 2.61. The molecule has 0 aliphatic rings. The first-order valence-electron chi connectivity index (χ1n) is 4.55. The van der Waals surface area contributed by atoms with Crippen molar-refractivity contribution in [3.63, 3.8) is 0 Å². The minimum atomic E-state index is 0.828. The van der Waals surface area contributed by atoms with Gasteiger partial charge in [-0.25, -0.2) is 9.97 Å². The summed E-state index contributed by atoms with van der Waals surface area (Å²) in [6, 6.07) is 0. The van der Waals surface area contributed by atoms with Gasteiger partial charge in [-0.15, -0.1) is 0 Å². The van der Waals surface area contributed by atoms with E-state index in [0.717, 1.165) is 22.4 Å². The zero-order valence-electron chi connectivity index (χ0n) is 8.55. The number of nitrogens with zero attached hydrogens (tertiary/aromatic N) is 2. The van der Waals surface area contributed by atoms with Gasteiger partial charge in [-0.1, -0.05) is 13.8 Å². The third-order valence-corrected chi connectivity index (χ3v) is 1.73. The lowest BCUT2D eigenvalue weighted by Gasteiger charge is -1.95. The van der Waals surface area contributed by atoms with E-state index in [0.29, 0.717) is 0 Å². The highest BCUT2D eigenvalue weighted by Gasteiger charge is 2.00. The monoisotopic (exact) mass is 177 g/mol. The molecule has 0 aromatic carbocycles.